The van der Waals surface area contributed by atoms with Crippen molar-refractivity contribution in [1.82, 2.24) is 25.1 Å². The molecular weight excluding hydrogens is 222 g/mol. The van der Waals surface area contributed by atoms with Crippen molar-refractivity contribution < 1.29 is 0 Å². The molecule has 0 bridgehead atoms. The Bertz CT molecular complexity index is 496. The zero-order valence-electron chi connectivity index (χ0n) is 10.3. The molecule has 0 amide bonds. The summed E-state index contributed by atoms with van der Waals surface area (Å²) in [5.41, 5.74) is -0.125. The summed E-state index contributed by atoms with van der Waals surface area (Å²) in [7, 11) is 1.94. The first-order chi connectivity index (χ1) is 7.45. The first kappa shape index (κ1) is 11.5. The van der Waals surface area contributed by atoms with Crippen LogP contribution in [-0.2, 0) is 5.54 Å². The molecule has 0 fully saturated rings. The summed E-state index contributed by atoms with van der Waals surface area (Å²) in [4.78, 5) is 0.863. The van der Waals surface area contributed by atoms with Crippen LogP contribution in [0.25, 0.3) is 4.96 Å². The van der Waals surface area contributed by atoms with Crippen molar-refractivity contribution >= 4 is 16.3 Å². The van der Waals surface area contributed by atoms with E-state index in [2.05, 4.69) is 48.3 Å². The monoisotopic (exact) mass is 239 g/mol. The van der Waals surface area contributed by atoms with Crippen LogP contribution in [0.4, 0.5) is 0 Å². The molecule has 16 heavy (non-hydrogen) atoms. The third kappa shape index (κ3) is 1.72. The average Bonchev–Trinajstić information content (AvgIpc) is 2.75. The highest BCUT2D eigenvalue weighted by molar-refractivity contribution is 7.16. The molecule has 88 valence electrons. The smallest absolute Gasteiger partial charge is 0.234 e. The molecule has 1 N–H and O–H groups in total. The van der Waals surface area contributed by atoms with Crippen molar-refractivity contribution in [3.8, 4) is 0 Å². The minimum absolute atomic E-state index is 0.125. The first-order valence-corrected chi connectivity index (χ1v) is 6.19. The van der Waals surface area contributed by atoms with Crippen molar-refractivity contribution in [2.75, 3.05) is 7.05 Å². The number of aromatic nitrogens is 4. The largest absolute Gasteiger partial charge is 0.309 e. The van der Waals surface area contributed by atoms with E-state index in [9.17, 15) is 0 Å². The number of rotatable bonds is 3. The maximum absolute atomic E-state index is 4.58. The number of fused-ring (bicyclic) bond motifs is 1. The number of hydrogen-bond acceptors (Lipinski definition) is 5. The fraction of sp³-hybridized carbons (Fsp3) is 0.700. The molecule has 0 saturated heterocycles. The molecule has 0 saturated carbocycles. The SMILES string of the molecule is CNC(C)(C)c1nn2c(C(C)C)nnc2s1. The molecule has 0 atom stereocenters. The summed E-state index contributed by atoms with van der Waals surface area (Å²) >= 11 is 1.58. The minimum atomic E-state index is -0.125. The van der Waals surface area contributed by atoms with Gasteiger partial charge in [0, 0.05) is 5.92 Å². The third-order valence-corrected chi connectivity index (χ3v) is 3.91. The average molecular weight is 239 g/mol. The van der Waals surface area contributed by atoms with Gasteiger partial charge in [-0.1, -0.05) is 25.2 Å². The van der Waals surface area contributed by atoms with Gasteiger partial charge in [0.05, 0.1) is 5.54 Å². The van der Waals surface area contributed by atoms with Crippen molar-refractivity contribution in [1.29, 1.82) is 0 Å². The van der Waals surface area contributed by atoms with Crippen molar-refractivity contribution in [2.45, 2.75) is 39.2 Å². The normalized spacial score (nSPS) is 12.9. The summed E-state index contributed by atoms with van der Waals surface area (Å²) in [5, 5.41) is 17.2. The molecule has 0 aromatic carbocycles. The fourth-order valence-corrected chi connectivity index (χ4v) is 2.31. The Morgan fingerprint density at radius 2 is 2.00 bits per heavy atom. The Kier molecular flexibility index (Phi) is 2.71. The van der Waals surface area contributed by atoms with Crippen LogP contribution in [0, 0.1) is 0 Å². The second-order valence-corrected chi connectivity index (χ2v) is 5.65. The molecule has 5 nitrogen and oxygen atoms in total. The summed E-state index contributed by atoms with van der Waals surface area (Å²) in [5.74, 6) is 1.26. The molecule has 6 heteroatoms. The molecule has 2 heterocycles. The second kappa shape index (κ2) is 3.78. The van der Waals surface area contributed by atoms with Gasteiger partial charge in [-0.25, -0.2) is 0 Å². The Hall–Kier alpha value is -1.01. The predicted molar refractivity (Wildman–Crippen MR) is 64.8 cm³/mol. The number of nitrogens with one attached hydrogen (secondary N) is 1. The molecule has 2 aromatic rings. The molecule has 0 radical (unpaired) electrons. The van der Waals surface area contributed by atoms with Gasteiger partial charge < -0.3 is 5.32 Å². The summed E-state index contributed by atoms with van der Waals surface area (Å²) in [6.45, 7) is 8.40. The van der Waals surface area contributed by atoms with E-state index in [-0.39, 0.29) is 5.54 Å². The van der Waals surface area contributed by atoms with Gasteiger partial charge in [0.2, 0.25) is 4.96 Å². The standard InChI is InChI=1S/C10H17N5S/c1-6(2)7-12-13-9-15(7)14-8(16-9)10(3,4)11-5/h6,11H,1-5H3. The topological polar surface area (TPSA) is 55.1 Å². The van der Waals surface area contributed by atoms with Gasteiger partial charge in [-0.2, -0.15) is 9.61 Å². The lowest BCUT2D eigenvalue weighted by atomic mass is 10.1. The molecule has 0 unspecified atom stereocenters. The van der Waals surface area contributed by atoms with Gasteiger partial charge >= 0.3 is 0 Å². The maximum Gasteiger partial charge on any atom is 0.234 e. The van der Waals surface area contributed by atoms with E-state index in [1.165, 1.54) is 0 Å². The predicted octanol–water partition coefficient (Wildman–Crippen LogP) is 1.76. The van der Waals surface area contributed by atoms with Crippen LogP contribution >= 0.6 is 11.3 Å². The van der Waals surface area contributed by atoms with Crippen LogP contribution in [0.3, 0.4) is 0 Å². The van der Waals surface area contributed by atoms with Crippen LogP contribution in [0.15, 0.2) is 0 Å². The van der Waals surface area contributed by atoms with Gasteiger partial charge in [-0.3, -0.25) is 0 Å². The third-order valence-electron chi connectivity index (χ3n) is 2.69. The molecule has 0 aliphatic rings. The Labute approximate surface area is 98.9 Å². The molecule has 2 aromatic heterocycles. The van der Waals surface area contributed by atoms with E-state index in [4.69, 9.17) is 0 Å². The van der Waals surface area contributed by atoms with E-state index >= 15 is 0 Å². The van der Waals surface area contributed by atoms with Crippen LogP contribution in [-0.4, -0.2) is 26.9 Å². The minimum Gasteiger partial charge on any atom is -0.309 e. The highest BCUT2D eigenvalue weighted by Crippen LogP contribution is 2.26. The van der Waals surface area contributed by atoms with Crippen molar-refractivity contribution in [2.24, 2.45) is 0 Å². The highest BCUT2D eigenvalue weighted by atomic mass is 32.1. The van der Waals surface area contributed by atoms with Crippen LogP contribution in [0.1, 0.15) is 44.4 Å². The molecule has 0 aliphatic carbocycles. The highest BCUT2D eigenvalue weighted by Gasteiger charge is 2.25. The number of hydrogen-bond donors (Lipinski definition) is 1. The molecular formula is C10H17N5S. The van der Waals surface area contributed by atoms with Gasteiger partial charge in [-0.15, -0.1) is 10.2 Å². The quantitative estimate of drug-likeness (QED) is 0.887. The van der Waals surface area contributed by atoms with E-state index in [0.29, 0.717) is 5.92 Å². The summed E-state index contributed by atoms with van der Waals surface area (Å²) in [6, 6.07) is 0. The van der Waals surface area contributed by atoms with Gasteiger partial charge in [0.25, 0.3) is 0 Å². The van der Waals surface area contributed by atoms with Crippen molar-refractivity contribution in [3.63, 3.8) is 0 Å². The van der Waals surface area contributed by atoms with E-state index in [0.717, 1.165) is 15.8 Å². The lowest BCUT2D eigenvalue weighted by Gasteiger charge is -2.19. The fourth-order valence-electron chi connectivity index (χ4n) is 1.35. The lowest BCUT2D eigenvalue weighted by Crippen LogP contribution is -2.33. The van der Waals surface area contributed by atoms with Crippen LogP contribution < -0.4 is 5.32 Å². The zero-order valence-corrected chi connectivity index (χ0v) is 11.1. The lowest BCUT2D eigenvalue weighted by molar-refractivity contribution is 0.436. The van der Waals surface area contributed by atoms with Crippen molar-refractivity contribution in [3.05, 3.63) is 10.8 Å². The first-order valence-electron chi connectivity index (χ1n) is 5.37. The number of nitrogens with zero attached hydrogens (tertiary/aromatic N) is 4. The zero-order chi connectivity index (χ0) is 11.9. The van der Waals surface area contributed by atoms with Gasteiger partial charge in [0.1, 0.15) is 5.01 Å². The summed E-state index contributed by atoms with van der Waals surface area (Å²) in [6.07, 6.45) is 0. The second-order valence-electron chi connectivity index (χ2n) is 4.69. The molecule has 2 rings (SSSR count). The molecule has 0 spiro atoms. The Morgan fingerprint density at radius 1 is 1.31 bits per heavy atom. The molecule has 0 aliphatic heterocycles. The van der Waals surface area contributed by atoms with Gasteiger partial charge in [0.15, 0.2) is 5.82 Å². The van der Waals surface area contributed by atoms with E-state index in [1.54, 1.807) is 11.3 Å². The van der Waals surface area contributed by atoms with E-state index < -0.39 is 0 Å². The van der Waals surface area contributed by atoms with Crippen LogP contribution in [0.5, 0.6) is 0 Å². The van der Waals surface area contributed by atoms with Gasteiger partial charge in [-0.05, 0) is 20.9 Å². The Balaban J connectivity index is 2.53. The van der Waals surface area contributed by atoms with E-state index in [1.807, 2.05) is 11.6 Å². The van der Waals surface area contributed by atoms with Crippen LogP contribution in [0.2, 0.25) is 0 Å². The maximum atomic E-state index is 4.58. The summed E-state index contributed by atoms with van der Waals surface area (Å²) < 4.78 is 1.85. The Morgan fingerprint density at radius 3 is 2.56 bits per heavy atom.